The predicted molar refractivity (Wildman–Crippen MR) is 113 cm³/mol. The number of rotatable bonds is 5. The Kier molecular flexibility index (Phi) is 9.00. The molecular weight excluding hydrogens is 405 g/mol. The second-order valence-electron chi connectivity index (χ2n) is 6.82. The summed E-state index contributed by atoms with van der Waals surface area (Å²) in [7, 11) is 0. The maximum absolute atomic E-state index is 12.3. The molecule has 28 heavy (non-hydrogen) atoms. The summed E-state index contributed by atoms with van der Waals surface area (Å²) in [4.78, 5) is 32.4. The average molecular weight is 432 g/mol. The van der Waals surface area contributed by atoms with Crippen molar-refractivity contribution >= 4 is 53.7 Å². The third-order valence-electron chi connectivity index (χ3n) is 4.62. The fraction of sp³-hybridized carbons (Fsp3) is 0.500. The number of halogens is 2. The first-order chi connectivity index (χ1) is 12.5. The van der Waals surface area contributed by atoms with Crippen LogP contribution in [0.3, 0.4) is 0 Å². The molecule has 1 aromatic carbocycles. The van der Waals surface area contributed by atoms with Crippen LogP contribution in [0.15, 0.2) is 28.7 Å². The van der Waals surface area contributed by atoms with Crippen molar-refractivity contribution in [3.63, 3.8) is 0 Å². The highest BCUT2D eigenvalue weighted by atomic mass is 35.5. The van der Waals surface area contributed by atoms with Gasteiger partial charge in [-0.05, 0) is 18.1 Å². The first kappa shape index (κ1) is 24.0. The first-order valence-electron chi connectivity index (χ1n) is 8.87. The molecule has 2 heterocycles. The molecule has 1 aromatic heterocycles. The van der Waals surface area contributed by atoms with Crippen molar-refractivity contribution in [1.29, 1.82) is 0 Å². The van der Waals surface area contributed by atoms with Gasteiger partial charge in [0.15, 0.2) is 5.58 Å². The summed E-state index contributed by atoms with van der Waals surface area (Å²) < 4.78 is 5.77. The minimum absolute atomic E-state index is 0. The fourth-order valence-electron chi connectivity index (χ4n) is 2.84. The molecule has 0 unspecified atom stereocenters. The Hall–Kier alpha value is -2.03. The van der Waals surface area contributed by atoms with Crippen LogP contribution < -0.4 is 16.0 Å². The lowest BCUT2D eigenvalue weighted by molar-refractivity contribution is -0.133. The molecule has 1 atom stereocenters. The summed E-state index contributed by atoms with van der Waals surface area (Å²) in [5.74, 6) is -0.366. The quantitative estimate of drug-likeness (QED) is 0.741. The number of fused-ring (bicyclic) bond motifs is 1. The maximum atomic E-state index is 12.3. The van der Waals surface area contributed by atoms with Crippen molar-refractivity contribution in [1.82, 2.24) is 15.2 Å². The molecule has 10 heteroatoms. The zero-order valence-corrected chi connectivity index (χ0v) is 17.6. The van der Waals surface area contributed by atoms with E-state index in [0.29, 0.717) is 32.2 Å². The average Bonchev–Trinajstić information content (AvgIpc) is 3.09. The fourth-order valence-corrected chi connectivity index (χ4v) is 2.84. The third-order valence-corrected chi connectivity index (χ3v) is 4.62. The van der Waals surface area contributed by atoms with Crippen LogP contribution in [0.2, 0.25) is 0 Å². The SMILES string of the molecule is CC(C)[C@H](N)C(=O)NCC(=O)N1CCN(c2nc3ccccc3o2)CC1.Cl.Cl. The standard InChI is InChI=1S/C18H25N5O3.2ClH/c1-12(2)16(19)17(25)20-11-15(24)22-7-9-23(10-8-22)18-21-13-5-3-4-6-14(13)26-18;;/h3-6,12,16H,7-11,19H2,1-2H3,(H,20,25);2*1H/t16-;;/m0../s1. The molecule has 0 spiro atoms. The van der Waals surface area contributed by atoms with E-state index in [-0.39, 0.29) is 49.1 Å². The second kappa shape index (κ2) is 10.5. The van der Waals surface area contributed by atoms with Gasteiger partial charge in [-0.25, -0.2) is 0 Å². The summed E-state index contributed by atoms with van der Waals surface area (Å²) in [6.07, 6.45) is 0. The van der Waals surface area contributed by atoms with Crippen LogP contribution in [-0.2, 0) is 9.59 Å². The van der Waals surface area contributed by atoms with Crippen LogP contribution in [-0.4, -0.2) is 60.5 Å². The van der Waals surface area contributed by atoms with E-state index in [2.05, 4.69) is 10.3 Å². The van der Waals surface area contributed by atoms with E-state index in [0.717, 1.165) is 11.1 Å². The third kappa shape index (κ3) is 5.50. The van der Waals surface area contributed by atoms with Gasteiger partial charge in [-0.2, -0.15) is 4.98 Å². The molecule has 1 aliphatic heterocycles. The van der Waals surface area contributed by atoms with Crippen LogP contribution in [0.4, 0.5) is 6.01 Å². The summed E-state index contributed by atoms with van der Waals surface area (Å²) in [6.45, 7) is 6.11. The number of benzene rings is 1. The predicted octanol–water partition coefficient (Wildman–Crippen LogP) is 1.42. The molecule has 0 aliphatic carbocycles. The molecule has 1 aliphatic rings. The molecule has 2 amide bonds. The van der Waals surface area contributed by atoms with Gasteiger partial charge in [0.1, 0.15) is 5.52 Å². The van der Waals surface area contributed by atoms with E-state index in [1.807, 2.05) is 43.0 Å². The number of amides is 2. The van der Waals surface area contributed by atoms with Crippen LogP contribution >= 0.6 is 24.8 Å². The van der Waals surface area contributed by atoms with E-state index < -0.39 is 6.04 Å². The van der Waals surface area contributed by atoms with Crippen LogP contribution in [0.5, 0.6) is 0 Å². The van der Waals surface area contributed by atoms with Gasteiger partial charge in [-0.15, -0.1) is 24.8 Å². The van der Waals surface area contributed by atoms with Crippen LogP contribution in [0, 0.1) is 5.92 Å². The Morgan fingerprint density at radius 3 is 2.43 bits per heavy atom. The Morgan fingerprint density at radius 1 is 1.18 bits per heavy atom. The molecule has 1 fully saturated rings. The van der Waals surface area contributed by atoms with Crippen molar-refractivity contribution in [3.05, 3.63) is 24.3 Å². The number of nitrogens with two attached hydrogens (primary N) is 1. The van der Waals surface area contributed by atoms with Crippen LogP contribution in [0.25, 0.3) is 11.1 Å². The van der Waals surface area contributed by atoms with Gasteiger partial charge >= 0.3 is 0 Å². The monoisotopic (exact) mass is 431 g/mol. The number of aromatic nitrogens is 1. The Bertz CT molecular complexity index is 757. The van der Waals surface area contributed by atoms with E-state index in [4.69, 9.17) is 10.2 Å². The van der Waals surface area contributed by atoms with Gasteiger partial charge in [0.2, 0.25) is 11.8 Å². The van der Waals surface area contributed by atoms with Crippen molar-refractivity contribution in [2.24, 2.45) is 11.7 Å². The molecule has 0 radical (unpaired) electrons. The number of carbonyl (C=O) groups is 2. The topological polar surface area (TPSA) is 105 Å². The smallest absolute Gasteiger partial charge is 0.298 e. The lowest BCUT2D eigenvalue weighted by Gasteiger charge is -2.34. The van der Waals surface area contributed by atoms with Crippen LogP contribution in [0.1, 0.15) is 13.8 Å². The van der Waals surface area contributed by atoms with E-state index in [9.17, 15) is 9.59 Å². The maximum Gasteiger partial charge on any atom is 0.298 e. The van der Waals surface area contributed by atoms with Gasteiger partial charge in [0, 0.05) is 26.2 Å². The van der Waals surface area contributed by atoms with Crippen molar-refractivity contribution < 1.29 is 14.0 Å². The highest BCUT2D eigenvalue weighted by Gasteiger charge is 2.25. The molecule has 0 bridgehead atoms. The summed E-state index contributed by atoms with van der Waals surface area (Å²) in [5, 5.41) is 2.62. The largest absolute Gasteiger partial charge is 0.423 e. The highest BCUT2D eigenvalue weighted by Crippen LogP contribution is 2.22. The van der Waals surface area contributed by atoms with Crippen molar-refractivity contribution in [3.8, 4) is 0 Å². The number of piperazine rings is 1. The molecule has 1 saturated heterocycles. The zero-order valence-electron chi connectivity index (χ0n) is 16.0. The second-order valence-corrected chi connectivity index (χ2v) is 6.82. The first-order valence-corrected chi connectivity index (χ1v) is 8.87. The molecule has 156 valence electrons. The van der Waals surface area contributed by atoms with Gasteiger partial charge in [0.05, 0.1) is 12.6 Å². The lowest BCUT2D eigenvalue weighted by Crippen LogP contribution is -2.53. The molecular formula is C18H27Cl2N5O3. The highest BCUT2D eigenvalue weighted by molar-refractivity contribution is 5.87. The molecule has 2 aromatic rings. The van der Waals surface area contributed by atoms with Gasteiger partial charge in [-0.3, -0.25) is 9.59 Å². The van der Waals surface area contributed by atoms with Crippen molar-refractivity contribution in [2.45, 2.75) is 19.9 Å². The van der Waals surface area contributed by atoms with E-state index in [1.54, 1.807) is 4.90 Å². The van der Waals surface area contributed by atoms with Gasteiger partial charge in [-0.1, -0.05) is 26.0 Å². The van der Waals surface area contributed by atoms with Gasteiger partial charge < -0.3 is 25.3 Å². The number of nitrogens with one attached hydrogen (secondary N) is 1. The number of anilines is 1. The molecule has 3 rings (SSSR count). The van der Waals surface area contributed by atoms with E-state index in [1.165, 1.54) is 0 Å². The summed E-state index contributed by atoms with van der Waals surface area (Å²) in [5.41, 5.74) is 7.36. The molecule has 0 saturated carbocycles. The molecule has 8 nitrogen and oxygen atoms in total. The number of hydrogen-bond donors (Lipinski definition) is 2. The van der Waals surface area contributed by atoms with E-state index >= 15 is 0 Å². The number of carbonyl (C=O) groups excluding carboxylic acids is 2. The Labute approximate surface area is 176 Å². The Morgan fingerprint density at radius 2 is 1.82 bits per heavy atom. The van der Waals surface area contributed by atoms with Crippen molar-refractivity contribution in [2.75, 3.05) is 37.6 Å². The Balaban J connectivity index is 0.00000196. The number of para-hydroxylation sites is 2. The molecule has 3 N–H and O–H groups in total. The number of nitrogens with zero attached hydrogens (tertiary/aromatic N) is 3. The summed E-state index contributed by atoms with van der Waals surface area (Å²) in [6, 6.07) is 7.61. The summed E-state index contributed by atoms with van der Waals surface area (Å²) >= 11 is 0. The number of hydrogen-bond acceptors (Lipinski definition) is 6. The lowest BCUT2D eigenvalue weighted by atomic mass is 10.1. The zero-order chi connectivity index (χ0) is 18.7. The normalized spacial score (nSPS) is 15.0. The van der Waals surface area contributed by atoms with Gasteiger partial charge in [0.25, 0.3) is 6.01 Å². The minimum Gasteiger partial charge on any atom is -0.423 e. The number of oxazole rings is 1. The minimum atomic E-state index is -0.598.